The number of pyridine rings is 1. The number of carbonyl (C=O) groups excluding carboxylic acids is 1. The van der Waals surface area contributed by atoms with Gasteiger partial charge in [0.2, 0.25) is 0 Å². The van der Waals surface area contributed by atoms with Gasteiger partial charge in [0.15, 0.2) is 0 Å². The Hall–Kier alpha value is -0.980. The normalized spacial score (nSPS) is 27.2. The maximum absolute atomic E-state index is 12.8. The number of halogens is 1. The summed E-state index contributed by atoms with van der Waals surface area (Å²) in [4.78, 5) is 21.0. The highest BCUT2D eigenvalue weighted by molar-refractivity contribution is 9.10. The topological polar surface area (TPSA) is 45.7 Å². The van der Waals surface area contributed by atoms with Crippen molar-refractivity contribution in [2.24, 2.45) is 0 Å². The predicted molar refractivity (Wildman–Crippen MR) is 78.6 cm³/mol. The molecule has 2 aliphatic rings. The molecular formula is C14H18BrN3O2. The van der Waals surface area contributed by atoms with Crippen molar-refractivity contribution in [1.82, 2.24) is 14.8 Å². The van der Waals surface area contributed by atoms with E-state index in [9.17, 15) is 4.79 Å². The molecule has 0 aromatic carbocycles. The number of carbonyl (C=O) groups is 1. The molecule has 3 heterocycles. The van der Waals surface area contributed by atoms with Crippen LogP contribution in [0.3, 0.4) is 0 Å². The highest BCUT2D eigenvalue weighted by Gasteiger charge is 2.38. The molecule has 0 unspecified atom stereocenters. The van der Waals surface area contributed by atoms with Crippen LogP contribution in [0, 0.1) is 0 Å². The lowest BCUT2D eigenvalue weighted by atomic mass is 9.98. The first-order valence-corrected chi connectivity index (χ1v) is 7.67. The molecule has 2 atom stereocenters. The van der Waals surface area contributed by atoms with Gasteiger partial charge in [-0.3, -0.25) is 9.78 Å². The van der Waals surface area contributed by atoms with Gasteiger partial charge in [-0.15, -0.1) is 0 Å². The zero-order valence-corrected chi connectivity index (χ0v) is 13.0. The summed E-state index contributed by atoms with van der Waals surface area (Å²) >= 11 is 3.41. The second kappa shape index (κ2) is 5.79. The Morgan fingerprint density at radius 1 is 1.50 bits per heavy atom. The number of piperidine rings is 1. The van der Waals surface area contributed by atoms with E-state index in [1.165, 1.54) is 0 Å². The maximum atomic E-state index is 12.8. The maximum Gasteiger partial charge on any atom is 0.255 e. The van der Waals surface area contributed by atoms with Crippen LogP contribution in [0.2, 0.25) is 0 Å². The Morgan fingerprint density at radius 3 is 3.15 bits per heavy atom. The van der Waals surface area contributed by atoms with E-state index in [0.717, 1.165) is 24.0 Å². The molecule has 0 aliphatic carbocycles. The smallest absolute Gasteiger partial charge is 0.255 e. The Bertz CT molecular complexity index is 511. The van der Waals surface area contributed by atoms with Crippen LogP contribution in [0.1, 0.15) is 16.8 Å². The van der Waals surface area contributed by atoms with Crippen molar-refractivity contribution in [3.8, 4) is 0 Å². The zero-order valence-electron chi connectivity index (χ0n) is 11.5. The number of hydrogen-bond donors (Lipinski definition) is 0. The van der Waals surface area contributed by atoms with Crippen LogP contribution in [0.4, 0.5) is 0 Å². The van der Waals surface area contributed by atoms with Gasteiger partial charge in [-0.05, 0) is 35.5 Å². The quantitative estimate of drug-likeness (QED) is 0.775. The number of aromatic nitrogens is 1. The first-order chi connectivity index (χ1) is 9.66. The molecule has 5 nitrogen and oxygen atoms in total. The van der Waals surface area contributed by atoms with E-state index in [0.29, 0.717) is 18.7 Å². The van der Waals surface area contributed by atoms with Gasteiger partial charge in [-0.25, -0.2) is 0 Å². The molecule has 0 bridgehead atoms. The van der Waals surface area contributed by atoms with Crippen LogP contribution >= 0.6 is 15.9 Å². The molecule has 1 aromatic heterocycles. The predicted octanol–water partition coefficient (Wildman–Crippen LogP) is 1.39. The second-order valence-electron chi connectivity index (χ2n) is 5.38. The third-order valence-corrected chi connectivity index (χ3v) is 4.68. The standard InChI is InChI=1S/C14H18BrN3O2/c1-17-5-3-13-12(9-17)18(6-7-20-13)14(19)10-2-4-16-8-11(10)15/h2,4,8,12-13H,3,5-7,9H2,1H3/t12-,13-/m0/s1. The molecule has 0 spiro atoms. The van der Waals surface area contributed by atoms with Crippen LogP contribution in [-0.4, -0.2) is 66.1 Å². The second-order valence-corrected chi connectivity index (χ2v) is 6.24. The largest absolute Gasteiger partial charge is 0.374 e. The van der Waals surface area contributed by atoms with Gasteiger partial charge in [0, 0.05) is 36.5 Å². The number of hydrogen-bond acceptors (Lipinski definition) is 4. The van der Waals surface area contributed by atoms with E-state index in [1.807, 2.05) is 4.90 Å². The van der Waals surface area contributed by atoms with Crippen molar-refractivity contribution >= 4 is 21.8 Å². The number of rotatable bonds is 1. The summed E-state index contributed by atoms with van der Waals surface area (Å²) in [6, 6.07) is 1.92. The number of likely N-dealkylation sites (tertiary alicyclic amines) is 1. The average molecular weight is 340 g/mol. The minimum Gasteiger partial charge on any atom is -0.374 e. The van der Waals surface area contributed by atoms with Gasteiger partial charge in [0.25, 0.3) is 5.91 Å². The fourth-order valence-corrected chi connectivity index (χ4v) is 3.41. The van der Waals surface area contributed by atoms with Crippen molar-refractivity contribution < 1.29 is 9.53 Å². The van der Waals surface area contributed by atoms with Gasteiger partial charge in [0.1, 0.15) is 0 Å². The van der Waals surface area contributed by atoms with E-state index >= 15 is 0 Å². The van der Waals surface area contributed by atoms with Crippen molar-refractivity contribution in [2.75, 3.05) is 33.3 Å². The third kappa shape index (κ3) is 2.60. The molecular weight excluding hydrogens is 322 g/mol. The fraction of sp³-hybridized carbons (Fsp3) is 0.571. The Balaban J connectivity index is 1.84. The van der Waals surface area contributed by atoms with E-state index in [2.05, 4.69) is 32.9 Å². The summed E-state index contributed by atoms with van der Waals surface area (Å²) in [5.74, 6) is 0.0628. The molecule has 0 radical (unpaired) electrons. The van der Waals surface area contributed by atoms with Crippen LogP contribution < -0.4 is 0 Å². The van der Waals surface area contributed by atoms with Crippen molar-refractivity contribution in [1.29, 1.82) is 0 Å². The van der Waals surface area contributed by atoms with Crippen molar-refractivity contribution in [2.45, 2.75) is 18.6 Å². The zero-order chi connectivity index (χ0) is 14.1. The monoisotopic (exact) mass is 339 g/mol. The minimum absolute atomic E-state index is 0.0628. The van der Waals surface area contributed by atoms with E-state index in [1.54, 1.807) is 18.5 Å². The lowest BCUT2D eigenvalue weighted by Gasteiger charge is -2.46. The molecule has 0 N–H and O–H groups in total. The molecule has 1 amide bonds. The molecule has 6 heteroatoms. The van der Waals surface area contributed by atoms with Crippen LogP contribution in [0.5, 0.6) is 0 Å². The lowest BCUT2D eigenvalue weighted by molar-refractivity contribution is -0.0870. The van der Waals surface area contributed by atoms with Gasteiger partial charge in [-0.2, -0.15) is 0 Å². The summed E-state index contributed by atoms with van der Waals surface area (Å²) in [5.41, 5.74) is 0.675. The van der Waals surface area contributed by atoms with Crippen molar-refractivity contribution in [3.05, 3.63) is 28.5 Å². The molecule has 2 saturated heterocycles. The summed E-state index contributed by atoms with van der Waals surface area (Å²) in [6.07, 6.45) is 4.48. The van der Waals surface area contributed by atoms with Crippen LogP contribution in [-0.2, 0) is 4.74 Å². The summed E-state index contributed by atoms with van der Waals surface area (Å²) in [5, 5.41) is 0. The van der Waals surface area contributed by atoms with Gasteiger partial charge >= 0.3 is 0 Å². The summed E-state index contributed by atoms with van der Waals surface area (Å²) in [6.45, 7) is 3.18. The molecule has 1 aromatic rings. The van der Waals surface area contributed by atoms with Crippen LogP contribution in [0.15, 0.2) is 22.9 Å². The van der Waals surface area contributed by atoms with Gasteiger partial charge in [0.05, 0.1) is 24.3 Å². The van der Waals surface area contributed by atoms with Crippen molar-refractivity contribution in [3.63, 3.8) is 0 Å². The van der Waals surface area contributed by atoms with E-state index < -0.39 is 0 Å². The number of ether oxygens (including phenoxy) is 1. The Labute approximate surface area is 127 Å². The SMILES string of the molecule is CN1CC[C@@H]2OCCN(C(=O)c3ccncc3Br)[C@H]2C1. The minimum atomic E-state index is 0.0628. The Kier molecular flexibility index (Phi) is 4.05. The molecule has 3 rings (SSSR count). The van der Waals surface area contributed by atoms with Crippen LogP contribution in [0.25, 0.3) is 0 Å². The summed E-state index contributed by atoms with van der Waals surface area (Å²) in [7, 11) is 2.09. The van der Waals surface area contributed by atoms with Gasteiger partial charge < -0.3 is 14.5 Å². The molecule has 108 valence electrons. The lowest BCUT2D eigenvalue weighted by Crippen LogP contribution is -2.60. The molecule has 2 fully saturated rings. The van der Waals surface area contributed by atoms with E-state index in [-0.39, 0.29) is 18.1 Å². The fourth-order valence-electron chi connectivity index (χ4n) is 2.99. The molecule has 2 aliphatic heterocycles. The Morgan fingerprint density at radius 2 is 2.35 bits per heavy atom. The number of likely N-dealkylation sites (N-methyl/N-ethyl adjacent to an activating group) is 1. The molecule has 20 heavy (non-hydrogen) atoms. The van der Waals surface area contributed by atoms with Gasteiger partial charge in [-0.1, -0.05) is 0 Å². The summed E-state index contributed by atoms with van der Waals surface area (Å²) < 4.78 is 6.58. The average Bonchev–Trinajstić information content (AvgIpc) is 2.46. The number of fused-ring (bicyclic) bond motifs is 1. The number of morpholine rings is 1. The number of amides is 1. The number of nitrogens with zero attached hydrogens (tertiary/aromatic N) is 3. The van der Waals surface area contributed by atoms with E-state index in [4.69, 9.17) is 4.74 Å². The highest BCUT2D eigenvalue weighted by atomic mass is 79.9. The third-order valence-electron chi connectivity index (χ3n) is 4.05. The highest BCUT2D eigenvalue weighted by Crippen LogP contribution is 2.25. The first kappa shape index (κ1) is 14.0. The molecule has 0 saturated carbocycles. The first-order valence-electron chi connectivity index (χ1n) is 6.87.